The first-order chi connectivity index (χ1) is 22.7. The molecule has 0 fully saturated rings. The summed E-state index contributed by atoms with van der Waals surface area (Å²) in [5.74, 6) is 0. The Hall–Kier alpha value is -4.96. The molecule has 0 aliphatic heterocycles. The van der Waals surface area contributed by atoms with Crippen molar-refractivity contribution in [3.63, 3.8) is 0 Å². The lowest BCUT2D eigenvalue weighted by molar-refractivity contribution is 0.770. The molecule has 9 rings (SSSR count). The van der Waals surface area contributed by atoms with Gasteiger partial charge in [-0.15, -0.1) is 11.3 Å². The second kappa shape index (κ2) is 10.8. The van der Waals surface area contributed by atoms with E-state index in [1.54, 1.807) is 0 Å². The molecule has 46 heavy (non-hydrogen) atoms. The summed E-state index contributed by atoms with van der Waals surface area (Å²) >= 11 is 5.49. The Kier molecular flexibility index (Phi) is 6.45. The molecule has 1 heterocycles. The zero-order valence-corrected chi connectivity index (χ0v) is 27.3. The van der Waals surface area contributed by atoms with Crippen molar-refractivity contribution in [3.05, 3.63) is 197 Å². The van der Waals surface area contributed by atoms with Gasteiger partial charge >= 0.3 is 0 Å². The van der Waals surface area contributed by atoms with Crippen LogP contribution in [0.5, 0.6) is 0 Å². The van der Waals surface area contributed by atoms with E-state index < -0.39 is 5.41 Å². The van der Waals surface area contributed by atoms with Crippen molar-refractivity contribution in [1.29, 1.82) is 0 Å². The lowest BCUT2D eigenvalue weighted by Crippen LogP contribution is -2.28. The summed E-state index contributed by atoms with van der Waals surface area (Å²) < 4.78 is 3.72. The predicted octanol–water partition coefficient (Wildman–Crippen LogP) is 12.6. The minimum atomic E-state index is -0.460. The van der Waals surface area contributed by atoms with E-state index in [4.69, 9.17) is 0 Å². The van der Waals surface area contributed by atoms with Crippen molar-refractivity contribution in [3.8, 4) is 11.1 Å². The van der Waals surface area contributed by atoms with Crippen LogP contribution in [0.25, 0.3) is 31.3 Å². The minimum Gasteiger partial charge on any atom is -0.311 e. The number of hydrogen-bond acceptors (Lipinski definition) is 2. The van der Waals surface area contributed by atoms with Crippen LogP contribution < -0.4 is 4.90 Å². The molecule has 1 aliphatic rings. The molecule has 1 aliphatic carbocycles. The van der Waals surface area contributed by atoms with Crippen LogP contribution in [0.2, 0.25) is 0 Å². The van der Waals surface area contributed by atoms with E-state index in [0.29, 0.717) is 0 Å². The van der Waals surface area contributed by atoms with Gasteiger partial charge in [0.15, 0.2) is 0 Å². The monoisotopic (exact) mass is 669 g/mol. The Bertz CT molecular complexity index is 2330. The normalized spacial score (nSPS) is 13.1. The van der Waals surface area contributed by atoms with Crippen molar-refractivity contribution in [2.75, 3.05) is 4.90 Å². The van der Waals surface area contributed by atoms with Gasteiger partial charge < -0.3 is 4.90 Å². The average Bonchev–Trinajstić information content (AvgIpc) is 3.64. The van der Waals surface area contributed by atoms with E-state index in [0.717, 1.165) is 21.5 Å². The Morgan fingerprint density at radius 2 is 0.957 bits per heavy atom. The van der Waals surface area contributed by atoms with Gasteiger partial charge in [-0.05, 0) is 100 Å². The summed E-state index contributed by atoms with van der Waals surface area (Å²) in [5.41, 5.74) is 10.7. The first-order valence-corrected chi connectivity index (χ1v) is 17.2. The molecule has 0 spiro atoms. The lowest BCUT2D eigenvalue weighted by Gasteiger charge is -2.34. The third kappa shape index (κ3) is 4.12. The number of fused-ring (bicyclic) bond motifs is 6. The van der Waals surface area contributed by atoms with Gasteiger partial charge in [0.05, 0.1) is 5.41 Å². The number of para-hydroxylation sites is 1. The van der Waals surface area contributed by atoms with Crippen molar-refractivity contribution in [1.82, 2.24) is 0 Å². The molecule has 0 radical (unpaired) electrons. The highest BCUT2D eigenvalue weighted by Gasteiger charge is 2.46. The number of halogens is 1. The Labute approximate surface area is 281 Å². The fourth-order valence-corrected chi connectivity index (χ4v) is 8.81. The highest BCUT2D eigenvalue weighted by molar-refractivity contribution is 9.10. The molecule has 1 aromatic heterocycles. The predicted molar refractivity (Wildman–Crippen MR) is 199 cm³/mol. The van der Waals surface area contributed by atoms with Crippen molar-refractivity contribution < 1.29 is 0 Å². The summed E-state index contributed by atoms with van der Waals surface area (Å²) in [6.45, 7) is 0. The fourth-order valence-electron chi connectivity index (χ4n) is 7.46. The number of rotatable bonds is 5. The minimum absolute atomic E-state index is 0.460. The smallest absolute Gasteiger partial charge is 0.0713 e. The molecule has 3 heteroatoms. The van der Waals surface area contributed by atoms with Gasteiger partial charge in [0.25, 0.3) is 0 Å². The van der Waals surface area contributed by atoms with Crippen LogP contribution in [-0.2, 0) is 5.41 Å². The van der Waals surface area contributed by atoms with Crippen molar-refractivity contribution >= 4 is 64.5 Å². The third-order valence-corrected chi connectivity index (χ3v) is 11.1. The molecular weight excluding hydrogens is 642 g/mol. The first-order valence-electron chi connectivity index (χ1n) is 15.5. The first kappa shape index (κ1) is 27.4. The molecule has 218 valence electrons. The summed E-state index contributed by atoms with van der Waals surface area (Å²) in [5, 5.41) is 2.64. The van der Waals surface area contributed by atoms with Gasteiger partial charge in [-0.3, -0.25) is 0 Å². The number of thiophene rings is 1. The average molecular weight is 671 g/mol. The number of benzene rings is 7. The maximum Gasteiger partial charge on any atom is 0.0713 e. The van der Waals surface area contributed by atoms with Gasteiger partial charge in [0, 0.05) is 41.7 Å². The second-order valence-corrected chi connectivity index (χ2v) is 13.8. The van der Waals surface area contributed by atoms with Crippen LogP contribution in [0, 0.1) is 0 Å². The van der Waals surface area contributed by atoms with E-state index >= 15 is 0 Å². The van der Waals surface area contributed by atoms with Gasteiger partial charge in [-0.1, -0.05) is 119 Å². The maximum absolute atomic E-state index is 3.62. The molecule has 1 nitrogen and oxygen atoms in total. The second-order valence-electron chi connectivity index (χ2n) is 11.8. The van der Waals surface area contributed by atoms with Gasteiger partial charge in [-0.25, -0.2) is 0 Å². The number of nitrogens with zero attached hydrogens (tertiary/aromatic N) is 1. The van der Waals surface area contributed by atoms with E-state index in [1.165, 1.54) is 53.6 Å². The molecular formula is C43H28BrNS. The molecule has 0 atom stereocenters. The molecule has 0 saturated heterocycles. The van der Waals surface area contributed by atoms with Crippen LogP contribution in [0.3, 0.4) is 0 Å². The molecule has 7 aromatic carbocycles. The van der Waals surface area contributed by atoms with Gasteiger partial charge in [0.2, 0.25) is 0 Å². The molecule has 0 amide bonds. The highest BCUT2D eigenvalue weighted by atomic mass is 79.9. The number of hydrogen-bond donors (Lipinski definition) is 0. The van der Waals surface area contributed by atoms with Crippen LogP contribution >= 0.6 is 27.3 Å². The summed E-state index contributed by atoms with van der Waals surface area (Å²) in [6, 6.07) is 62.3. The van der Waals surface area contributed by atoms with Crippen molar-refractivity contribution in [2.45, 2.75) is 5.41 Å². The third-order valence-electron chi connectivity index (χ3n) is 9.42. The van der Waals surface area contributed by atoms with E-state index in [1.807, 2.05) is 11.3 Å². The summed E-state index contributed by atoms with van der Waals surface area (Å²) in [6.07, 6.45) is 0. The molecule has 0 unspecified atom stereocenters. The Morgan fingerprint density at radius 1 is 0.435 bits per heavy atom. The van der Waals surface area contributed by atoms with Crippen LogP contribution in [0.4, 0.5) is 17.1 Å². The van der Waals surface area contributed by atoms with Gasteiger partial charge in [0.1, 0.15) is 0 Å². The summed E-state index contributed by atoms with van der Waals surface area (Å²) in [7, 11) is 0. The molecule has 0 bridgehead atoms. The number of anilines is 3. The molecule has 0 saturated carbocycles. The fraction of sp³-hybridized carbons (Fsp3) is 0.0233. The van der Waals surface area contributed by atoms with Crippen LogP contribution in [-0.4, -0.2) is 0 Å². The SMILES string of the molecule is Brc1ccc(N(c2ccccc2)c2ccc(C3(c4ccc5sc6ccccc6c5c4)c4ccccc4-c4ccccc43)cc2)cc1. The maximum atomic E-state index is 3.62. The zero-order valence-electron chi connectivity index (χ0n) is 24.9. The van der Waals surface area contributed by atoms with Crippen molar-refractivity contribution in [2.24, 2.45) is 0 Å². The molecule has 8 aromatic rings. The zero-order chi connectivity index (χ0) is 30.7. The van der Waals surface area contributed by atoms with E-state index in [9.17, 15) is 0 Å². The lowest BCUT2D eigenvalue weighted by atomic mass is 9.67. The standard InChI is InChI=1S/C43H28BrNS/c44-31-21-25-34(26-22-31)45(32-10-2-1-3-11-32)33-23-18-29(19-24-33)43(39-15-7-4-12-35(39)36-13-5-8-16-40(36)43)30-20-27-42-38(28-30)37-14-6-9-17-41(37)46-42/h1-28H. The Morgan fingerprint density at radius 3 is 1.65 bits per heavy atom. The van der Waals surface area contributed by atoms with Crippen LogP contribution in [0.1, 0.15) is 22.3 Å². The van der Waals surface area contributed by atoms with E-state index in [-0.39, 0.29) is 0 Å². The highest BCUT2D eigenvalue weighted by Crippen LogP contribution is 2.57. The largest absolute Gasteiger partial charge is 0.311 e. The Balaban J connectivity index is 1.29. The van der Waals surface area contributed by atoms with Crippen LogP contribution in [0.15, 0.2) is 174 Å². The van der Waals surface area contributed by atoms with E-state index in [2.05, 4.69) is 191 Å². The quantitative estimate of drug-likeness (QED) is 0.176. The molecule has 0 N–H and O–H groups in total. The topological polar surface area (TPSA) is 3.24 Å². The van der Waals surface area contributed by atoms with Gasteiger partial charge in [-0.2, -0.15) is 0 Å². The summed E-state index contributed by atoms with van der Waals surface area (Å²) in [4.78, 5) is 2.32.